The summed E-state index contributed by atoms with van der Waals surface area (Å²) < 4.78 is 0. The van der Waals surface area contributed by atoms with Gasteiger partial charge in [-0.1, -0.05) is 19.1 Å². The van der Waals surface area contributed by atoms with E-state index in [9.17, 15) is 4.79 Å². The number of hydrogen-bond acceptors (Lipinski definition) is 5. The molecule has 0 radical (unpaired) electrons. The van der Waals surface area contributed by atoms with Gasteiger partial charge in [0.2, 0.25) is 5.91 Å². The molecule has 6 nitrogen and oxygen atoms in total. The second kappa shape index (κ2) is 5.05. The maximum atomic E-state index is 12.2. The smallest absolute Gasteiger partial charge is 0.237 e. The van der Waals surface area contributed by atoms with Crippen molar-refractivity contribution in [2.75, 3.05) is 24.5 Å². The minimum atomic E-state index is -0.131. The van der Waals surface area contributed by atoms with Crippen LogP contribution in [0.25, 0.3) is 6.08 Å². The average Bonchev–Trinajstić information content (AvgIpc) is 3.20. The van der Waals surface area contributed by atoms with Crippen LogP contribution in [0.4, 0.5) is 5.82 Å². The molecule has 1 aliphatic carbocycles. The summed E-state index contributed by atoms with van der Waals surface area (Å²) >= 11 is 0. The Labute approximate surface area is 135 Å². The van der Waals surface area contributed by atoms with Crippen molar-refractivity contribution in [3.05, 3.63) is 23.7 Å². The largest absolute Gasteiger partial charge is 0.354 e. The third-order valence-corrected chi connectivity index (χ3v) is 5.56. The van der Waals surface area contributed by atoms with Gasteiger partial charge in [0.15, 0.2) is 0 Å². The van der Waals surface area contributed by atoms with Gasteiger partial charge in [0, 0.05) is 31.6 Å². The number of likely N-dealkylation sites (tertiary alicyclic amines) is 1. The molecule has 1 amide bonds. The molecule has 2 aliphatic heterocycles. The second-order valence-electron chi connectivity index (χ2n) is 6.68. The van der Waals surface area contributed by atoms with Crippen molar-refractivity contribution in [1.82, 2.24) is 14.9 Å². The van der Waals surface area contributed by atoms with Gasteiger partial charge in [0.25, 0.3) is 0 Å². The van der Waals surface area contributed by atoms with Gasteiger partial charge in [0.1, 0.15) is 18.6 Å². The molecule has 1 aromatic heterocycles. The molecule has 3 heterocycles. The molecule has 6 heteroatoms. The molecule has 1 spiro atoms. The summed E-state index contributed by atoms with van der Waals surface area (Å²) in [5.41, 5.74) is 2.06. The van der Waals surface area contributed by atoms with E-state index in [0.717, 1.165) is 49.6 Å². The van der Waals surface area contributed by atoms with E-state index in [1.54, 1.807) is 6.33 Å². The monoisotopic (exact) mass is 309 g/mol. The van der Waals surface area contributed by atoms with Crippen LogP contribution in [0.1, 0.15) is 31.0 Å². The van der Waals surface area contributed by atoms with Crippen LogP contribution in [0.2, 0.25) is 0 Å². The number of nitriles is 1. The molecule has 0 saturated carbocycles. The summed E-state index contributed by atoms with van der Waals surface area (Å²) in [7, 11) is 0. The second-order valence-corrected chi connectivity index (χ2v) is 6.68. The molecule has 2 saturated heterocycles. The molecule has 3 aliphatic rings. The van der Waals surface area contributed by atoms with E-state index < -0.39 is 0 Å². The van der Waals surface area contributed by atoms with E-state index >= 15 is 0 Å². The molecule has 2 atom stereocenters. The summed E-state index contributed by atoms with van der Waals surface area (Å²) in [4.78, 5) is 25.2. The molecular weight excluding hydrogens is 290 g/mol. The van der Waals surface area contributed by atoms with Gasteiger partial charge in [-0.15, -0.1) is 0 Å². The van der Waals surface area contributed by atoms with Crippen molar-refractivity contribution in [1.29, 1.82) is 5.26 Å². The number of nitrogens with zero attached hydrogens (tertiary/aromatic N) is 5. The lowest BCUT2D eigenvalue weighted by atomic mass is 9.74. The fourth-order valence-electron chi connectivity index (χ4n) is 4.21. The SMILES string of the molecule is C[C@H]1CN(C(=O)CC#N)[C@]12CCN(c1ncnc3c1C=CC3)C2. The van der Waals surface area contributed by atoms with Crippen molar-refractivity contribution < 1.29 is 4.79 Å². The zero-order valence-electron chi connectivity index (χ0n) is 13.2. The van der Waals surface area contributed by atoms with Gasteiger partial charge in [-0.2, -0.15) is 5.26 Å². The lowest BCUT2D eigenvalue weighted by molar-refractivity contribution is -0.152. The van der Waals surface area contributed by atoms with Crippen molar-refractivity contribution in [3.8, 4) is 6.07 Å². The first kappa shape index (κ1) is 14.2. The van der Waals surface area contributed by atoms with Crippen LogP contribution in [-0.4, -0.2) is 45.9 Å². The van der Waals surface area contributed by atoms with Gasteiger partial charge < -0.3 is 9.80 Å². The summed E-state index contributed by atoms with van der Waals surface area (Å²) in [5.74, 6) is 1.40. The van der Waals surface area contributed by atoms with Crippen LogP contribution < -0.4 is 4.90 Å². The summed E-state index contributed by atoms with van der Waals surface area (Å²) in [6, 6.07) is 1.98. The Balaban J connectivity index is 1.60. The molecule has 0 aromatic carbocycles. The van der Waals surface area contributed by atoms with E-state index in [1.165, 1.54) is 0 Å². The fourth-order valence-corrected chi connectivity index (χ4v) is 4.21. The minimum absolute atomic E-state index is 0.0277. The number of allylic oxidation sites excluding steroid dienone is 1. The number of rotatable bonds is 2. The first-order valence-electron chi connectivity index (χ1n) is 8.08. The Morgan fingerprint density at radius 2 is 2.39 bits per heavy atom. The van der Waals surface area contributed by atoms with Gasteiger partial charge >= 0.3 is 0 Å². The Morgan fingerprint density at radius 3 is 3.17 bits per heavy atom. The quantitative estimate of drug-likeness (QED) is 0.825. The zero-order valence-corrected chi connectivity index (χ0v) is 13.2. The Bertz CT molecular complexity index is 737. The lowest BCUT2D eigenvalue weighted by Gasteiger charge is -2.55. The van der Waals surface area contributed by atoms with Crippen LogP contribution in [0.5, 0.6) is 0 Å². The highest BCUT2D eigenvalue weighted by atomic mass is 16.2. The number of carbonyl (C=O) groups excluding carboxylic acids is 1. The Kier molecular flexibility index (Phi) is 3.12. The molecule has 1 aromatic rings. The molecule has 0 bridgehead atoms. The van der Waals surface area contributed by atoms with Crippen LogP contribution in [0.3, 0.4) is 0 Å². The molecule has 0 unspecified atom stereocenters. The number of amides is 1. The van der Waals surface area contributed by atoms with Crippen molar-refractivity contribution in [3.63, 3.8) is 0 Å². The summed E-state index contributed by atoms with van der Waals surface area (Å²) in [6.07, 6.45) is 7.62. The van der Waals surface area contributed by atoms with Crippen LogP contribution >= 0.6 is 0 Å². The maximum absolute atomic E-state index is 12.2. The van der Waals surface area contributed by atoms with Gasteiger partial charge in [0.05, 0.1) is 17.3 Å². The van der Waals surface area contributed by atoms with Gasteiger partial charge in [-0.25, -0.2) is 9.97 Å². The maximum Gasteiger partial charge on any atom is 0.237 e. The minimum Gasteiger partial charge on any atom is -0.354 e. The number of hydrogen-bond donors (Lipinski definition) is 0. The van der Waals surface area contributed by atoms with Gasteiger partial charge in [-0.05, 0) is 12.3 Å². The fraction of sp³-hybridized carbons (Fsp3) is 0.529. The highest BCUT2D eigenvalue weighted by molar-refractivity contribution is 5.80. The van der Waals surface area contributed by atoms with Gasteiger partial charge in [-0.3, -0.25) is 4.79 Å². The molecule has 0 N–H and O–H groups in total. The zero-order chi connectivity index (χ0) is 16.0. The van der Waals surface area contributed by atoms with Crippen LogP contribution in [0.15, 0.2) is 12.4 Å². The first-order chi connectivity index (χ1) is 11.2. The highest BCUT2D eigenvalue weighted by Crippen LogP contribution is 2.45. The van der Waals surface area contributed by atoms with E-state index in [1.807, 2.05) is 11.0 Å². The van der Waals surface area contributed by atoms with E-state index in [-0.39, 0.29) is 17.9 Å². The number of anilines is 1. The predicted octanol–water partition coefficient (Wildman–Crippen LogP) is 1.39. The third kappa shape index (κ3) is 1.96. The standard InChI is InChI=1S/C17H19N5O/c1-12-9-22(15(23)5-7-18)17(12)6-8-21(10-17)16-13-3-2-4-14(13)19-11-20-16/h2-3,11-12H,4-6,8-10H2,1H3/t12-,17-/m0/s1. The molecule has 23 heavy (non-hydrogen) atoms. The third-order valence-electron chi connectivity index (χ3n) is 5.56. The Morgan fingerprint density at radius 1 is 1.52 bits per heavy atom. The Hall–Kier alpha value is -2.42. The van der Waals surface area contributed by atoms with Crippen molar-refractivity contribution in [2.24, 2.45) is 5.92 Å². The number of aromatic nitrogens is 2. The van der Waals surface area contributed by atoms with Crippen LogP contribution in [-0.2, 0) is 11.2 Å². The van der Waals surface area contributed by atoms with E-state index in [2.05, 4.69) is 33.9 Å². The number of carbonyl (C=O) groups is 1. The average molecular weight is 309 g/mol. The summed E-state index contributed by atoms with van der Waals surface area (Å²) in [5, 5.41) is 8.81. The van der Waals surface area contributed by atoms with E-state index in [0.29, 0.717) is 5.92 Å². The molecule has 4 rings (SSSR count). The first-order valence-corrected chi connectivity index (χ1v) is 8.08. The lowest BCUT2D eigenvalue weighted by Crippen LogP contribution is -2.69. The van der Waals surface area contributed by atoms with Crippen molar-refractivity contribution >= 4 is 17.8 Å². The molecular formula is C17H19N5O. The summed E-state index contributed by atoms with van der Waals surface area (Å²) in [6.45, 7) is 4.64. The van der Waals surface area contributed by atoms with Crippen LogP contribution in [0, 0.1) is 17.2 Å². The molecule has 118 valence electrons. The highest BCUT2D eigenvalue weighted by Gasteiger charge is 2.56. The van der Waals surface area contributed by atoms with Crippen molar-refractivity contribution in [2.45, 2.75) is 31.7 Å². The topological polar surface area (TPSA) is 73.1 Å². The van der Waals surface area contributed by atoms with E-state index in [4.69, 9.17) is 5.26 Å². The number of fused-ring (bicyclic) bond motifs is 1. The normalized spacial score (nSPS) is 27.9. The predicted molar refractivity (Wildman–Crippen MR) is 85.4 cm³/mol. The molecule has 2 fully saturated rings.